The first-order chi connectivity index (χ1) is 13.5. The molecule has 1 fully saturated rings. The number of nitrogens with one attached hydrogen (secondary N) is 1. The van der Waals surface area contributed by atoms with Gasteiger partial charge in [-0.15, -0.1) is 0 Å². The predicted octanol–water partition coefficient (Wildman–Crippen LogP) is 2.33. The van der Waals surface area contributed by atoms with E-state index in [1.165, 1.54) is 38.3 Å². The van der Waals surface area contributed by atoms with Crippen molar-refractivity contribution in [2.24, 2.45) is 0 Å². The minimum Gasteiger partial charge on any atom is -0.385 e. The molecule has 0 amide bonds. The van der Waals surface area contributed by atoms with Crippen LogP contribution in [0.2, 0.25) is 0 Å². The Balaban J connectivity index is 1.36. The summed E-state index contributed by atoms with van der Waals surface area (Å²) in [6.07, 6.45) is -0.324. The number of hydrogen-bond acceptors (Lipinski definition) is 2. The second kappa shape index (κ2) is 7.98. The summed E-state index contributed by atoms with van der Waals surface area (Å²) in [5, 5.41) is 12.1. The molecule has 0 radical (unpaired) electrons. The van der Waals surface area contributed by atoms with Gasteiger partial charge in [0.2, 0.25) is 0 Å². The van der Waals surface area contributed by atoms with Crippen LogP contribution in [0.25, 0.3) is 10.9 Å². The molecule has 2 heterocycles. The minimum absolute atomic E-state index is 0.324. The molecule has 4 nitrogen and oxygen atoms in total. The third-order valence-electron chi connectivity index (χ3n) is 6.33. The van der Waals surface area contributed by atoms with E-state index >= 15 is 0 Å². The number of aliphatic hydroxyl groups excluding tert-OH is 1. The number of aliphatic hydroxyl groups is 1. The summed E-state index contributed by atoms with van der Waals surface area (Å²) in [4.78, 5) is 3.96. The number of hydrogen-bond donors (Lipinski definition) is 2. The molecule has 148 valence electrons. The van der Waals surface area contributed by atoms with E-state index in [0.29, 0.717) is 6.54 Å². The van der Waals surface area contributed by atoms with Crippen molar-refractivity contribution in [3.8, 4) is 0 Å². The van der Waals surface area contributed by atoms with Crippen LogP contribution in [-0.4, -0.2) is 48.5 Å². The van der Waals surface area contributed by atoms with Crippen LogP contribution in [0.1, 0.15) is 16.8 Å². The van der Waals surface area contributed by atoms with Gasteiger partial charge in [0.15, 0.2) is 0 Å². The number of fused-ring (bicyclic) bond motifs is 1. The van der Waals surface area contributed by atoms with Crippen LogP contribution in [0, 0.1) is 20.8 Å². The number of quaternary nitrogens is 1. The van der Waals surface area contributed by atoms with Crippen LogP contribution >= 0.6 is 0 Å². The molecule has 1 aromatic heterocycles. The molecule has 4 heteroatoms. The van der Waals surface area contributed by atoms with Crippen LogP contribution in [0.15, 0.2) is 48.5 Å². The molecule has 0 aliphatic carbocycles. The highest BCUT2D eigenvalue weighted by Gasteiger charge is 2.23. The highest BCUT2D eigenvalue weighted by Crippen LogP contribution is 2.25. The van der Waals surface area contributed by atoms with Crippen LogP contribution in [-0.2, 0) is 6.54 Å². The molecule has 0 unspecified atom stereocenters. The first-order valence-electron chi connectivity index (χ1n) is 10.4. The Kier molecular flexibility index (Phi) is 5.42. The van der Waals surface area contributed by atoms with E-state index in [-0.39, 0.29) is 6.10 Å². The van der Waals surface area contributed by atoms with Crippen molar-refractivity contribution < 1.29 is 10.0 Å². The van der Waals surface area contributed by atoms with Gasteiger partial charge in [0.1, 0.15) is 12.6 Å². The van der Waals surface area contributed by atoms with E-state index in [2.05, 4.69) is 78.8 Å². The summed E-state index contributed by atoms with van der Waals surface area (Å²) in [6.45, 7) is 12.2. The first kappa shape index (κ1) is 19.0. The summed E-state index contributed by atoms with van der Waals surface area (Å²) in [6, 6.07) is 17.3. The fraction of sp³-hybridized carbons (Fsp3) is 0.417. The number of aryl methyl sites for hydroxylation is 2. The van der Waals surface area contributed by atoms with Gasteiger partial charge in [0.25, 0.3) is 0 Å². The van der Waals surface area contributed by atoms with Crippen molar-refractivity contribution in [3.05, 3.63) is 65.4 Å². The second-order valence-electron chi connectivity index (χ2n) is 8.27. The summed E-state index contributed by atoms with van der Waals surface area (Å²) in [7, 11) is 0. The monoisotopic (exact) mass is 378 g/mol. The zero-order valence-corrected chi connectivity index (χ0v) is 17.3. The normalized spacial score (nSPS) is 16.6. The molecule has 2 N–H and O–H groups in total. The van der Waals surface area contributed by atoms with Crippen molar-refractivity contribution in [1.29, 1.82) is 0 Å². The number of benzene rings is 2. The summed E-state index contributed by atoms with van der Waals surface area (Å²) < 4.78 is 2.29. The summed E-state index contributed by atoms with van der Waals surface area (Å²) >= 11 is 0. The Morgan fingerprint density at radius 2 is 1.64 bits per heavy atom. The first-order valence-corrected chi connectivity index (χ1v) is 10.4. The molecule has 1 saturated heterocycles. The molecule has 1 aliphatic heterocycles. The Morgan fingerprint density at radius 3 is 2.36 bits per heavy atom. The smallest absolute Gasteiger partial charge is 0.121 e. The van der Waals surface area contributed by atoms with Gasteiger partial charge in [-0.05, 0) is 44.5 Å². The van der Waals surface area contributed by atoms with Gasteiger partial charge >= 0.3 is 0 Å². The maximum Gasteiger partial charge on any atom is 0.121 e. The Morgan fingerprint density at radius 1 is 0.964 bits per heavy atom. The number of piperazine rings is 1. The largest absolute Gasteiger partial charge is 0.385 e. The van der Waals surface area contributed by atoms with Crippen molar-refractivity contribution in [2.75, 3.05) is 37.6 Å². The lowest BCUT2D eigenvalue weighted by molar-refractivity contribution is -0.903. The van der Waals surface area contributed by atoms with Crippen molar-refractivity contribution in [3.63, 3.8) is 0 Å². The third-order valence-corrected chi connectivity index (χ3v) is 6.33. The van der Waals surface area contributed by atoms with E-state index in [1.807, 2.05) is 0 Å². The van der Waals surface area contributed by atoms with Gasteiger partial charge in [0.05, 0.1) is 32.7 Å². The van der Waals surface area contributed by atoms with Gasteiger partial charge in [-0.3, -0.25) is 0 Å². The number of aromatic nitrogens is 1. The fourth-order valence-corrected chi connectivity index (χ4v) is 4.49. The van der Waals surface area contributed by atoms with Crippen LogP contribution in [0.5, 0.6) is 0 Å². The van der Waals surface area contributed by atoms with Crippen LogP contribution in [0.4, 0.5) is 5.69 Å². The Labute approximate surface area is 168 Å². The van der Waals surface area contributed by atoms with Gasteiger partial charge in [-0.2, -0.15) is 0 Å². The standard InChI is InChI=1S/C24H31N3O/c1-18-8-10-21(11-9-18)26-14-12-25(13-15-26)16-22(28)17-27-20(3)19(2)23-6-4-5-7-24(23)27/h4-11,22,28H,12-17H2,1-3H3/p+1/t22-/m1/s1. The number of nitrogens with zero attached hydrogens (tertiary/aromatic N) is 2. The molecule has 2 aromatic carbocycles. The summed E-state index contributed by atoms with van der Waals surface area (Å²) in [5.41, 5.74) is 6.44. The highest BCUT2D eigenvalue weighted by molar-refractivity contribution is 5.85. The average molecular weight is 379 g/mol. The molecule has 0 spiro atoms. The summed E-state index contributed by atoms with van der Waals surface area (Å²) in [5.74, 6) is 0. The van der Waals surface area contributed by atoms with E-state index in [4.69, 9.17) is 0 Å². The quantitative estimate of drug-likeness (QED) is 0.714. The van der Waals surface area contributed by atoms with Crippen LogP contribution in [0.3, 0.4) is 0 Å². The number of para-hydroxylation sites is 1. The molecule has 1 atom stereocenters. The number of anilines is 1. The van der Waals surface area contributed by atoms with E-state index < -0.39 is 0 Å². The zero-order valence-electron chi connectivity index (χ0n) is 17.3. The second-order valence-corrected chi connectivity index (χ2v) is 8.27. The molecule has 0 bridgehead atoms. The lowest BCUT2D eigenvalue weighted by Crippen LogP contribution is -3.15. The van der Waals surface area contributed by atoms with Crippen molar-refractivity contribution in [2.45, 2.75) is 33.4 Å². The predicted molar refractivity (Wildman–Crippen MR) is 116 cm³/mol. The topological polar surface area (TPSA) is 32.8 Å². The van der Waals surface area contributed by atoms with Crippen molar-refractivity contribution >= 4 is 16.6 Å². The highest BCUT2D eigenvalue weighted by atomic mass is 16.3. The Hall–Kier alpha value is -2.30. The van der Waals surface area contributed by atoms with Crippen LogP contribution < -0.4 is 9.80 Å². The minimum atomic E-state index is -0.324. The lowest BCUT2D eigenvalue weighted by Gasteiger charge is -2.34. The van der Waals surface area contributed by atoms with Gasteiger partial charge < -0.3 is 19.5 Å². The lowest BCUT2D eigenvalue weighted by atomic mass is 10.2. The molecule has 28 heavy (non-hydrogen) atoms. The maximum atomic E-state index is 10.8. The van der Waals surface area contributed by atoms with E-state index in [1.54, 1.807) is 0 Å². The molecule has 1 aliphatic rings. The molecular formula is C24H32N3O+. The SMILES string of the molecule is Cc1ccc(N2CC[NH+](C[C@@H](O)Cn3c(C)c(C)c4ccccc43)CC2)cc1. The molecule has 3 aromatic rings. The molecule has 4 rings (SSSR count). The number of rotatable bonds is 5. The molecular weight excluding hydrogens is 346 g/mol. The average Bonchev–Trinajstić information content (AvgIpc) is 2.94. The van der Waals surface area contributed by atoms with Crippen molar-refractivity contribution in [1.82, 2.24) is 4.57 Å². The maximum absolute atomic E-state index is 10.8. The van der Waals surface area contributed by atoms with Gasteiger partial charge in [-0.1, -0.05) is 35.9 Å². The fourth-order valence-electron chi connectivity index (χ4n) is 4.49. The van der Waals surface area contributed by atoms with E-state index in [0.717, 1.165) is 32.7 Å². The van der Waals surface area contributed by atoms with E-state index in [9.17, 15) is 5.11 Å². The molecule has 0 saturated carbocycles. The Bertz CT molecular complexity index is 936. The van der Waals surface area contributed by atoms with Gasteiger partial charge in [-0.25, -0.2) is 0 Å². The third kappa shape index (κ3) is 3.80. The zero-order chi connectivity index (χ0) is 19.7. The van der Waals surface area contributed by atoms with Gasteiger partial charge in [0, 0.05) is 22.3 Å².